The average molecular weight is 311 g/mol. The second-order valence-electron chi connectivity index (χ2n) is 4.81. The number of esters is 1. The summed E-state index contributed by atoms with van der Waals surface area (Å²) in [4.78, 5) is 29.8. The molecule has 0 bridgehead atoms. The molecule has 1 N–H and O–H groups in total. The van der Waals surface area contributed by atoms with Crippen molar-refractivity contribution in [3.63, 3.8) is 0 Å². The Bertz CT molecular complexity index is 884. The molecule has 0 fully saturated rings. The number of carbonyl (C=O) groups is 1. The standard InChI is InChI=1S/C16H13N3O4/c1-2-23-16(20)12-4-3-5-13-14(12)18-15(17-13)10-6-8-11(9-7-10)19(21)22/h3-9H,2H2,1H3,(H,17,18). The number of H-pyrrole nitrogens is 1. The van der Waals surface area contributed by atoms with E-state index in [1.807, 2.05) is 0 Å². The molecular weight excluding hydrogens is 298 g/mol. The van der Waals surface area contributed by atoms with Crippen molar-refractivity contribution in [1.29, 1.82) is 0 Å². The van der Waals surface area contributed by atoms with E-state index in [1.54, 1.807) is 37.3 Å². The molecule has 0 aliphatic rings. The van der Waals surface area contributed by atoms with Gasteiger partial charge < -0.3 is 9.72 Å². The van der Waals surface area contributed by atoms with E-state index >= 15 is 0 Å². The summed E-state index contributed by atoms with van der Waals surface area (Å²) in [5.41, 5.74) is 2.30. The number of aromatic nitrogens is 2. The number of nitrogens with one attached hydrogen (secondary N) is 1. The van der Waals surface area contributed by atoms with Crippen molar-refractivity contribution in [2.75, 3.05) is 6.61 Å². The Morgan fingerprint density at radius 1 is 1.26 bits per heavy atom. The van der Waals surface area contributed by atoms with Gasteiger partial charge in [0.1, 0.15) is 11.3 Å². The van der Waals surface area contributed by atoms with E-state index in [2.05, 4.69) is 9.97 Å². The minimum absolute atomic E-state index is 0.0112. The minimum Gasteiger partial charge on any atom is -0.462 e. The van der Waals surface area contributed by atoms with Crippen LogP contribution >= 0.6 is 0 Å². The van der Waals surface area contributed by atoms with Gasteiger partial charge in [-0.05, 0) is 31.2 Å². The van der Waals surface area contributed by atoms with Gasteiger partial charge in [0, 0.05) is 17.7 Å². The molecular formula is C16H13N3O4. The number of hydrogen-bond donors (Lipinski definition) is 1. The number of para-hydroxylation sites is 1. The van der Waals surface area contributed by atoms with E-state index in [9.17, 15) is 14.9 Å². The molecule has 1 aromatic heterocycles. The van der Waals surface area contributed by atoms with Crippen molar-refractivity contribution >= 4 is 22.7 Å². The topological polar surface area (TPSA) is 98.1 Å². The summed E-state index contributed by atoms with van der Waals surface area (Å²) >= 11 is 0. The van der Waals surface area contributed by atoms with E-state index in [1.165, 1.54) is 12.1 Å². The highest BCUT2D eigenvalue weighted by Gasteiger charge is 2.15. The Morgan fingerprint density at radius 2 is 2.00 bits per heavy atom. The number of imidazole rings is 1. The molecule has 0 amide bonds. The van der Waals surface area contributed by atoms with Crippen LogP contribution < -0.4 is 0 Å². The lowest BCUT2D eigenvalue weighted by atomic mass is 10.2. The number of nitrogens with zero attached hydrogens (tertiary/aromatic N) is 2. The van der Waals surface area contributed by atoms with Crippen molar-refractivity contribution in [1.82, 2.24) is 9.97 Å². The fraction of sp³-hybridized carbons (Fsp3) is 0.125. The Hall–Kier alpha value is -3.22. The van der Waals surface area contributed by atoms with E-state index in [0.29, 0.717) is 28.0 Å². The Morgan fingerprint density at radius 3 is 2.65 bits per heavy atom. The Labute approximate surface area is 131 Å². The van der Waals surface area contributed by atoms with Gasteiger partial charge in [-0.3, -0.25) is 10.1 Å². The fourth-order valence-electron chi connectivity index (χ4n) is 2.28. The van der Waals surface area contributed by atoms with Crippen LogP contribution in [0.5, 0.6) is 0 Å². The average Bonchev–Trinajstić information content (AvgIpc) is 2.99. The maximum absolute atomic E-state index is 12.0. The number of carbonyl (C=O) groups excluding carboxylic acids is 1. The number of ether oxygens (including phenoxy) is 1. The number of non-ortho nitro benzene ring substituents is 1. The third-order valence-electron chi connectivity index (χ3n) is 3.36. The number of hydrogen-bond acceptors (Lipinski definition) is 5. The van der Waals surface area contributed by atoms with Crippen molar-refractivity contribution in [2.24, 2.45) is 0 Å². The van der Waals surface area contributed by atoms with Crippen LogP contribution in [0.3, 0.4) is 0 Å². The Kier molecular flexibility index (Phi) is 3.76. The molecule has 2 aromatic carbocycles. The second-order valence-corrected chi connectivity index (χ2v) is 4.81. The monoisotopic (exact) mass is 311 g/mol. The fourth-order valence-corrected chi connectivity index (χ4v) is 2.28. The summed E-state index contributed by atoms with van der Waals surface area (Å²) in [6.45, 7) is 2.03. The SMILES string of the molecule is CCOC(=O)c1cccc2[nH]c(-c3ccc([N+](=O)[O-])cc3)nc12. The first kappa shape index (κ1) is 14.7. The zero-order chi connectivity index (χ0) is 16.4. The quantitative estimate of drug-likeness (QED) is 0.453. The number of fused-ring (bicyclic) bond motifs is 1. The molecule has 7 nitrogen and oxygen atoms in total. The number of nitro groups is 1. The van der Waals surface area contributed by atoms with Crippen LogP contribution in [0.1, 0.15) is 17.3 Å². The van der Waals surface area contributed by atoms with Crippen LogP contribution in [0, 0.1) is 10.1 Å². The summed E-state index contributed by atoms with van der Waals surface area (Å²) in [5.74, 6) is 0.103. The predicted molar refractivity (Wildman–Crippen MR) is 84.1 cm³/mol. The van der Waals surface area contributed by atoms with Gasteiger partial charge in [0.15, 0.2) is 0 Å². The van der Waals surface area contributed by atoms with Gasteiger partial charge in [0.05, 0.1) is 22.6 Å². The minimum atomic E-state index is -0.457. The van der Waals surface area contributed by atoms with Crippen molar-refractivity contribution in [3.8, 4) is 11.4 Å². The van der Waals surface area contributed by atoms with Crippen molar-refractivity contribution < 1.29 is 14.5 Å². The third kappa shape index (κ3) is 2.76. The molecule has 0 atom stereocenters. The van der Waals surface area contributed by atoms with E-state index in [4.69, 9.17) is 4.74 Å². The van der Waals surface area contributed by atoms with Crippen LogP contribution in [0.4, 0.5) is 5.69 Å². The highest BCUT2D eigenvalue weighted by Crippen LogP contribution is 2.25. The van der Waals surface area contributed by atoms with Crippen molar-refractivity contribution in [2.45, 2.75) is 6.92 Å². The smallest absolute Gasteiger partial charge is 0.340 e. The summed E-state index contributed by atoms with van der Waals surface area (Å²) in [7, 11) is 0. The summed E-state index contributed by atoms with van der Waals surface area (Å²) in [5, 5.41) is 10.7. The second kappa shape index (κ2) is 5.88. The zero-order valence-corrected chi connectivity index (χ0v) is 12.3. The van der Waals surface area contributed by atoms with Gasteiger partial charge in [-0.2, -0.15) is 0 Å². The zero-order valence-electron chi connectivity index (χ0n) is 12.3. The molecule has 0 spiro atoms. The molecule has 23 heavy (non-hydrogen) atoms. The van der Waals surface area contributed by atoms with Gasteiger partial charge in [0.2, 0.25) is 0 Å². The van der Waals surface area contributed by atoms with Crippen LogP contribution in [0.15, 0.2) is 42.5 Å². The molecule has 1 heterocycles. The summed E-state index contributed by atoms with van der Waals surface area (Å²) < 4.78 is 5.03. The molecule has 0 saturated carbocycles. The lowest BCUT2D eigenvalue weighted by Gasteiger charge is -2.01. The molecule has 3 aromatic rings. The van der Waals surface area contributed by atoms with Gasteiger partial charge in [-0.1, -0.05) is 6.07 Å². The normalized spacial score (nSPS) is 10.7. The summed E-state index contributed by atoms with van der Waals surface area (Å²) in [6.07, 6.45) is 0. The molecule has 0 radical (unpaired) electrons. The molecule has 3 rings (SSSR count). The van der Waals surface area contributed by atoms with Crippen molar-refractivity contribution in [3.05, 3.63) is 58.1 Å². The highest BCUT2D eigenvalue weighted by atomic mass is 16.6. The maximum atomic E-state index is 12.0. The summed E-state index contributed by atoms with van der Waals surface area (Å²) in [6, 6.07) is 11.2. The van der Waals surface area contributed by atoms with E-state index in [-0.39, 0.29) is 12.3 Å². The molecule has 0 aliphatic carbocycles. The lowest BCUT2D eigenvalue weighted by molar-refractivity contribution is -0.384. The first-order valence-electron chi connectivity index (χ1n) is 7.01. The van der Waals surface area contributed by atoms with Gasteiger partial charge in [-0.25, -0.2) is 9.78 Å². The lowest BCUT2D eigenvalue weighted by Crippen LogP contribution is -2.05. The molecule has 7 heteroatoms. The number of benzene rings is 2. The van der Waals surface area contributed by atoms with Crippen LogP contribution in [-0.2, 0) is 4.74 Å². The Balaban J connectivity index is 2.04. The van der Waals surface area contributed by atoms with Crippen LogP contribution in [-0.4, -0.2) is 27.5 Å². The molecule has 0 saturated heterocycles. The predicted octanol–water partition coefficient (Wildman–Crippen LogP) is 3.31. The maximum Gasteiger partial charge on any atom is 0.340 e. The molecule has 0 unspecified atom stereocenters. The number of nitro benzene ring substituents is 1. The van der Waals surface area contributed by atoms with E-state index in [0.717, 1.165) is 0 Å². The van der Waals surface area contributed by atoms with Crippen LogP contribution in [0.25, 0.3) is 22.4 Å². The van der Waals surface area contributed by atoms with Gasteiger partial charge in [-0.15, -0.1) is 0 Å². The third-order valence-corrected chi connectivity index (χ3v) is 3.36. The van der Waals surface area contributed by atoms with Gasteiger partial charge in [0.25, 0.3) is 5.69 Å². The highest BCUT2D eigenvalue weighted by molar-refractivity contribution is 6.02. The van der Waals surface area contributed by atoms with Gasteiger partial charge >= 0.3 is 5.97 Å². The molecule has 116 valence electrons. The first-order valence-corrected chi connectivity index (χ1v) is 7.01. The first-order chi connectivity index (χ1) is 11.1. The largest absolute Gasteiger partial charge is 0.462 e. The molecule has 0 aliphatic heterocycles. The van der Waals surface area contributed by atoms with Crippen LogP contribution in [0.2, 0.25) is 0 Å². The van der Waals surface area contributed by atoms with E-state index < -0.39 is 10.9 Å². The number of rotatable bonds is 4. The number of aromatic amines is 1.